The van der Waals surface area contributed by atoms with E-state index in [1.54, 1.807) is 6.07 Å². The Morgan fingerprint density at radius 1 is 1.43 bits per heavy atom. The third kappa shape index (κ3) is 4.73. The van der Waals surface area contributed by atoms with Gasteiger partial charge in [-0.1, -0.05) is 12.8 Å². The van der Waals surface area contributed by atoms with Crippen LogP contribution in [-0.2, 0) is 0 Å². The molecule has 2 unspecified atom stereocenters. The summed E-state index contributed by atoms with van der Waals surface area (Å²) in [6, 6.07) is 3.59. The summed E-state index contributed by atoms with van der Waals surface area (Å²) in [6.45, 7) is 2.22. The van der Waals surface area contributed by atoms with Gasteiger partial charge in [-0.3, -0.25) is 9.88 Å². The molecule has 1 aliphatic rings. The Bertz CT molecular complexity index is 412. The lowest BCUT2D eigenvalue weighted by molar-refractivity contribution is 0.120. The topological polar surface area (TPSA) is 48.4 Å². The second-order valence-electron chi connectivity index (χ2n) is 5.75. The third-order valence-electron chi connectivity index (χ3n) is 4.37. The normalized spacial score (nSPS) is 22.0. The number of likely N-dealkylation sites (tertiary alicyclic amines) is 1. The molecule has 4 nitrogen and oxygen atoms in total. The van der Waals surface area contributed by atoms with Crippen molar-refractivity contribution in [3.8, 4) is 0 Å². The molecule has 0 radical (unpaired) electrons. The van der Waals surface area contributed by atoms with Crippen LogP contribution in [0.25, 0.3) is 0 Å². The van der Waals surface area contributed by atoms with Gasteiger partial charge in [0, 0.05) is 12.6 Å². The number of aliphatic hydroxyl groups is 1. The molecular weight excluding hydrogens is 269 g/mol. The van der Waals surface area contributed by atoms with Crippen molar-refractivity contribution in [2.75, 3.05) is 26.7 Å². The van der Waals surface area contributed by atoms with Crippen LogP contribution in [0.1, 0.15) is 43.8 Å². The van der Waals surface area contributed by atoms with Gasteiger partial charge in [0.2, 0.25) is 0 Å². The van der Waals surface area contributed by atoms with Crippen LogP contribution in [0, 0.1) is 5.82 Å². The van der Waals surface area contributed by atoms with E-state index in [4.69, 9.17) is 0 Å². The number of nitrogens with zero attached hydrogens (tertiary/aromatic N) is 2. The van der Waals surface area contributed by atoms with Gasteiger partial charge in [0.1, 0.15) is 5.82 Å². The number of rotatable bonds is 6. The van der Waals surface area contributed by atoms with Gasteiger partial charge in [-0.05, 0) is 45.0 Å². The molecular formula is C16H26FN3O. The monoisotopic (exact) mass is 295 g/mol. The molecule has 2 rings (SSSR count). The summed E-state index contributed by atoms with van der Waals surface area (Å²) in [5.41, 5.74) is 0.870. The summed E-state index contributed by atoms with van der Waals surface area (Å²) < 4.78 is 13.0. The van der Waals surface area contributed by atoms with E-state index in [0.29, 0.717) is 0 Å². The highest BCUT2D eigenvalue weighted by atomic mass is 19.1. The first-order valence-electron chi connectivity index (χ1n) is 7.88. The van der Waals surface area contributed by atoms with Gasteiger partial charge in [0.05, 0.1) is 24.5 Å². The summed E-state index contributed by atoms with van der Waals surface area (Å²) in [4.78, 5) is 6.56. The molecule has 1 saturated heterocycles. The molecule has 1 aliphatic heterocycles. The average molecular weight is 295 g/mol. The van der Waals surface area contributed by atoms with E-state index in [1.165, 1.54) is 31.5 Å². The lowest BCUT2D eigenvalue weighted by Gasteiger charge is -2.30. The first kappa shape index (κ1) is 16.3. The average Bonchev–Trinajstić information content (AvgIpc) is 2.74. The molecule has 2 heterocycles. The highest BCUT2D eigenvalue weighted by molar-refractivity contribution is 5.09. The van der Waals surface area contributed by atoms with Crippen molar-refractivity contribution in [2.24, 2.45) is 0 Å². The van der Waals surface area contributed by atoms with Crippen LogP contribution in [0.4, 0.5) is 4.39 Å². The zero-order chi connectivity index (χ0) is 15.1. The van der Waals surface area contributed by atoms with Crippen molar-refractivity contribution in [3.63, 3.8) is 0 Å². The van der Waals surface area contributed by atoms with E-state index in [9.17, 15) is 9.50 Å². The first-order chi connectivity index (χ1) is 10.2. The minimum Gasteiger partial charge on any atom is -0.395 e. The SMILES string of the molecule is CNC(CCN1CCCCCC1CO)c1ccc(F)cn1. The van der Waals surface area contributed by atoms with E-state index < -0.39 is 0 Å². The zero-order valence-electron chi connectivity index (χ0n) is 12.8. The largest absolute Gasteiger partial charge is 0.395 e. The lowest BCUT2D eigenvalue weighted by atomic mass is 10.1. The fraction of sp³-hybridized carbons (Fsp3) is 0.688. The summed E-state index contributed by atoms with van der Waals surface area (Å²) in [5, 5.41) is 12.8. The van der Waals surface area contributed by atoms with Gasteiger partial charge < -0.3 is 10.4 Å². The Kier molecular flexibility index (Phi) is 6.54. The summed E-state index contributed by atoms with van der Waals surface area (Å²) >= 11 is 0. The van der Waals surface area contributed by atoms with E-state index in [2.05, 4.69) is 15.2 Å². The van der Waals surface area contributed by atoms with Crippen LogP contribution in [0.2, 0.25) is 0 Å². The number of pyridine rings is 1. The first-order valence-corrected chi connectivity index (χ1v) is 7.88. The van der Waals surface area contributed by atoms with Gasteiger partial charge in [-0.15, -0.1) is 0 Å². The molecule has 1 aromatic heterocycles. The van der Waals surface area contributed by atoms with Crippen LogP contribution >= 0.6 is 0 Å². The minimum atomic E-state index is -0.304. The van der Waals surface area contributed by atoms with Crippen molar-refractivity contribution >= 4 is 0 Å². The Labute approximate surface area is 126 Å². The predicted octanol–water partition coefficient (Wildman–Crippen LogP) is 2.11. The zero-order valence-corrected chi connectivity index (χ0v) is 12.8. The lowest BCUT2D eigenvalue weighted by Crippen LogP contribution is -2.39. The van der Waals surface area contributed by atoms with E-state index in [-0.39, 0.29) is 24.5 Å². The maximum absolute atomic E-state index is 13.0. The Hall–Kier alpha value is -1.04. The number of halogens is 1. The molecule has 0 amide bonds. The van der Waals surface area contributed by atoms with Crippen molar-refractivity contribution in [1.82, 2.24) is 15.2 Å². The molecule has 21 heavy (non-hydrogen) atoms. The van der Waals surface area contributed by atoms with Crippen LogP contribution in [-0.4, -0.2) is 47.8 Å². The quantitative estimate of drug-likeness (QED) is 0.844. The van der Waals surface area contributed by atoms with E-state index in [1.807, 2.05) is 7.05 Å². The van der Waals surface area contributed by atoms with Crippen LogP contribution in [0.15, 0.2) is 18.3 Å². The predicted molar refractivity (Wildman–Crippen MR) is 81.5 cm³/mol. The van der Waals surface area contributed by atoms with Gasteiger partial charge in [-0.2, -0.15) is 0 Å². The molecule has 5 heteroatoms. The van der Waals surface area contributed by atoms with Crippen molar-refractivity contribution in [2.45, 2.75) is 44.2 Å². The molecule has 0 aliphatic carbocycles. The molecule has 0 spiro atoms. The van der Waals surface area contributed by atoms with Crippen LogP contribution in [0.5, 0.6) is 0 Å². The molecule has 1 fully saturated rings. The van der Waals surface area contributed by atoms with Gasteiger partial charge in [-0.25, -0.2) is 4.39 Å². The molecule has 0 aromatic carbocycles. The highest BCUT2D eigenvalue weighted by Gasteiger charge is 2.21. The van der Waals surface area contributed by atoms with E-state index in [0.717, 1.165) is 31.6 Å². The number of aliphatic hydroxyl groups excluding tert-OH is 1. The summed E-state index contributed by atoms with van der Waals surface area (Å²) in [5.74, 6) is -0.304. The number of hydrogen-bond acceptors (Lipinski definition) is 4. The Balaban J connectivity index is 1.93. The van der Waals surface area contributed by atoms with Crippen LogP contribution < -0.4 is 5.32 Å². The maximum Gasteiger partial charge on any atom is 0.141 e. The molecule has 0 saturated carbocycles. The maximum atomic E-state index is 13.0. The summed E-state index contributed by atoms with van der Waals surface area (Å²) in [7, 11) is 1.90. The summed E-state index contributed by atoms with van der Waals surface area (Å²) in [6.07, 6.45) is 6.91. The van der Waals surface area contributed by atoms with Gasteiger partial charge >= 0.3 is 0 Å². The number of hydrogen-bond donors (Lipinski definition) is 2. The third-order valence-corrected chi connectivity index (χ3v) is 4.37. The van der Waals surface area contributed by atoms with E-state index >= 15 is 0 Å². The van der Waals surface area contributed by atoms with Crippen molar-refractivity contribution in [1.29, 1.82) is 0 Å². The van der Waals surface area contributed by atoms with Gasteiger partial charge in [0.25, 0.3) is 0 Å². The second kappa shape index (κ2) is 8.41. The standard InChI is InChI=1S/C16H26FN3O/c1-18-15(16-7-6-13(17)11-19-16)8-10-20-9-4-2-3-5-14(20)12-21/h6-7,11,14-15,18,21H,2-5,8-10,12H2,1H3. The minimum absolute atomic E-state index is 0.119. The smallest absolute Gasteiger partial charge is 0.141 e. The Morgan fingerprint density at radius 3 is 2.95 bits per heavy atom. The molecule has 2 N–H and O–H groups in total. The number of aromatic nitrogens is 1. The fourth-order valence-corrected chi connectivity index (χ4v) is 3.07. The van der Waals surface area contributed by atoms with Gasteiger partial charge in [0.15, 0.2) is 0 Å². The van der Waals surface area contributed by atoms with Crippen molar-refractivity contribution < 1.29 is 9.50 Å². The molecule has 2 atom stereocenters. The molecule has 1 aromatic rings. The highest BCUT2D eigenvalue weighted by Crippen LogP contribution is 2.20. The molecule has 0 bridgehead atoms. The Morgan fingerprint density at radius 2 is 2.29 bits per heavy atom. The fourth-order valence-electron chi connectivity index (χ4n) is 3.07. The molecule has 118 valence electrons. The second-order valence-corrected chi connectivity index (χ2v) is 5.75. The van der Waals surface area contributed by atoms with Crippen molar-refractivity contribution in [3.05, 3.63) is 29.8 Å². The van der Waals surface area contributed by atoms with Crippen LogP contribution in [0.3, 0.4) is 0 Å². The number of nitrogens with one attached hydrogen (secondary N) is 1.